The summed E-state index contributed by atoms with van der Waals surface area (Å²) in [7, 11) is 1.72. The molecule has 0 aromatic heterocycles. The zero-order chi connectivity index (χ0) is 15.5. The molecule has 21 heavy (non-hydrogen) atoms. The Balaban J connectivity index is 2.66. The van der Waals surface area contributed by atoms with Crippen molar-refractivity contribution >= 4 is 35.7 Å². The topological polar surface area (TPSA) is 43.4 Å². The van der Waals surface area contributed by atoms with Crippen molar-refractivity contribution in [3.8, 4) is 11.1 Å². The second kappa shape index (κ2) is 6.92. The van der Waals surface area contributed by atoms with E-state index in [9.17, 15) is 8.42 Å². The van der Waals surface area contributed by atoms with E-state index < -0.39 is 9.05 Å². The van der Waals surface area contributed by atoms with Gasteiger partial charge in [-0.2, -0.15) is 0 Å². The van der Waals surface area contributed by atoms with Crippen LogP contribution in [0, 0.1) is 0 Å². The lowest BCUT2D eigenvalue weighted by atomic mass is 10.00. The fourth-order valence-electron chi connectivity index (χ4n) is 2.09. The van der Waals surface area contributed by atoms with Gasteiger partial charge in [-0.1, -0.05) is 36.4 Å². The highest BCUT2D eigenvalue weighted by molar-refractivity contribution is 9.10. The van der Waals surface area contributed by atoms with Crippen LogP contribution in [0.25, 0.3) is 11.1 Å². The molecular formula is C15H14BrClO3S. The van der Waals surface area contributed by atoms with Gasteiger partial charge in [0.15, 0.2) is 0 Å². The number of rotatable bonds is 5. The molecule has 112 valence electrons. The predicted octanol–water partition coefficient (Wildman–Crippen LogP) is 4.58. The summed E-state index contributed by atoms with van der Waals surface area (Å²) in [5, 5.41) is 0. The molecule has 0 aliphatic rings. The number of halogens is 2. The van der Waals surface area contributed by atoms with Crippen LogP contribution in [-0.2, 0) is 20.4 Å². The van der Waals surface area contributed by atoms with Crippen LogP contribution in [0.3, 0.4) is 0 Å². The second-order valence-corrected chi connectivity index (χ2v) is 7.71. The molecule has 0 saturated heterocycles. The SMILES string of the molecule is CCOCc1ccccc1-c1cccc(Br)c1S(=O)(=O)Cl. The van der Waals surface area contributed by atoms with Crippen LogP contribution in [0.5, 0.6) is 0 Å². The first-order valence-electron chi connectivity index (χ1n) is 6.34. The summed E-state index contributed by atoms with van der Waals surface area (Å²) in [4.78, 5) is 0.0793. The van der Waals surface area contributed by atoms with Crippen molar-refractivity contribution in [2.75, 3.05) is 6.61 Å². The molecule has 0 saturated carbocycles. The molecule has 0 unspecified atom stereocenters. The molecule has 0 N–H and O–H groups in total. The maximum Gasteiger partial charge on any atom is 0.263 e. The van der Waals surface area contributed by atoms with Gasteiger partial charge in [0.2, 0.25) is 0 Å². The molecule has 2 aromatic carbocycles. The van der Waals surface area contributed by atoms with Crippen molar-refractivity contribution in [1.29, 1.82) is 0 Å². The van der Waals surface area contributed by atoms with Crippen LogP contribution < -0.4 is 0 Å². The average Bonchev–Trinajstić information content (AvgIpc) is 2.44. The van der Waals surface area contributed by atoms with E-state index in [0.29, 0.717) is 23.2 Å². The van der Waals surface area contributed by atoms with E-state index >= 15 is 0 Å². The third kappa shape index (κ3) is 3.86. The first-order valence-corrected chi connectivity index (χ1v) is 9.44. The molecule has 0 atom stereocenters. The Morgan fingerprint density at radius 3 is 2.43 bits per heavy atom. The fraction of sp³-hybridized carbons (Fsp3) is 0.200. The second-order valence-electron chi connectivity index (χ2n) is 4.35. The Labute approximate surface area is 137 Å². The van der Waals surface area contributed by atoms with E-state index in [1.54, 1.807) is 18.2 Å². The summed E-state index contributed by atoms with van der Waals surface area (Å²) in [5.41, 5.74) is 2.28. The van der Waals surface area contributed by atoms with Crippen molar-refractivity contribution in [2.45, 2.75) is 18.4 Å². The number of ether oxygens (including phenoxy) is 1. The lowest BCUT2D eigenvalue weighted by Crippen LogP contribution is -2.00. The van der Waals surface area contributed by atoms with Gasteiger partial charge in [-0.25, -0.2) is 8.42 Å². The molecule has 0 fully saturated rings. The van der Waals surface area contributed by atoms with Crippen molar-refractivity contribution < 1.29 is 13.2 Å². The van der Waals surface area contributed by atoms with Gasteiger partial charge in [-0.3, -0.25) is 0 Å². The van der Waals surface area contributed by atoms with Crippen LogP contribution in [0.4, 0.5) is 0 Å². The minimum atomic E-state index is -3.87. The van der Waals surface area contributed by atoms with Crippen molar-refractivity contribution in [3.05, 3.63) is 52.5 Å². The highest BCUT2D eigenvalue weighted by Crippen LogP contribution is 2.36. The lowest BCUT2D eigenvalue weighted by Gasteiger charge is -2.13. The lowest BCUT2D eigenvalue weighted by molar-refractivity contribution is 0.134. The van der Waals surface area contributed by atoms with Crippen LogP contribution in [0.1, 0.15) is 12.5 Å². The fourth-order valence-corrected chi connectivity index (χ4v) is 4.62. The minimum Gasteiger partial charge on any atom is -0.377 e. The van der Waals surface area contributed by atoms with Crippen LogP contribution in [0.15, 0.2) is 51.8 Å². The van der Waals surface area contributed by atoms with Crippen LogP contribution in [-0.4, -0.2) is 15.0 Å². The Kier molecular flexibility index (Phi) is 5.43. The van der Waals surface area contributed by atoms with Crippen molar-refractivity contribution in [1.82, 2.24) is 0 Å². The molecule has 0 heterocycles. The third-order valence-electron chi connectivity index (χ3n) is 2.98. The summed E-state index contributed by atoms with van der Waals surface area (Å²) in [6, 6.07) is 12.7. The highest BCUT2D eigenvalue weighted by Gasteiger charge is 2.21. The van der Waals surface area contributed by atoms with Crippen LogP contribution in [0.2, 0.25) is 0 Å². The maximum atomic E-state index is 11.9. The average molecular weight is 390 g/mol. The monoisotopic (exact) mass is 388 g/mol. The predicted molar refractivity (Wildman–Crippen MR) is 87.9 cm³/mol. The molecule has 0 amide bonds. The van der Waals surface area contributed by atoms with Gasteiger partial charge in [-0.15, -0.1) is 0 Å². The molecule has 0 spiro atoms. The normalized spacial score (nSPS) is 11.6. The van der Waals surface area contributed by atoms with Gasteiger partial charge in [0.25, 0.3) is 9.05 Å². The summed E-state index contributed by atoms with van der Waals surface area (Å²) in [6.07, 6.45) is 0. The summed E-state index contributed by atoms with van der Waals surface area (Å²) < 4.78 is 29.6. The van der Waals surface area contributed by atoms with Crippen molar-refractivity contribution in [3.63, 3.8) is 0 Å². The summed E-state index contributed by atoms with van der Waals surface area (Å²) in [5.74, 6) is 0. The quantitative estimate of drug-likeness (QED) is 0.703. The molecule has 2 aromatic rings. The van der Waals surface area contributed by atoms with E-state index in [2.05, 4.69) is 15.9 Å². The molecule has 6 heteroatoms. The molecule has 0 bridgehead atoms. The zero-order valence-electron chi connectivity index (χ0n) is 11.3. The maximum absolute atomic E-state index is 11.9. The highest BCUT2D eigenvalue weighted by atomic mass is 79.9. The first-order chi connectivity index (χ1) is 9.95. The third-order valence-corrected chi connectivity index (χ3v) is 5.29. The molecule has 3 nitrogen and oxygen atoms in total. The Hall–Kier alpha value is -0.880. The number of hydrogen-bond donors (Lipinski definition) is 0. The van der Waals surface area contributed by atoms with E-state index in [1.165, 1.54) is 0 Å². The Bertz CT molecular complexity index is 744. The van der Waals surface area contributed by atoms with Gasteiger partial charge < -0.3 is 4.74 Å². The zero-order valence-corrected chi connectivity index (χ0v) is 14.5. The van der Waals surface area contributed by atoms with Gasteiger partial charge in [-0.05, 0) is 40.0 Å². The molecule has 2 rings (SSSR count). The Morgan fingerprint density at radius 1 is 1.10 bits per heavy atom. The molecule has 0 aliphatic heterocycles. The summed E-state index contributed by atoms with van der Waals surface area (Å²) >= 11 is 3.26. The molecule has 0 aliphatic carbocycles. The minimum absolute atomic E-state index is 0.0793. The Morgan fingerprint density at radius 2 is 1.76 bits per heavy atom. The smallest absolute Gasteiger partial charge is 0.263 e. The van der Waals surface area contributed by atoms with Crippen molar-refractivity contribution in [2.24, 2.45) is 0 Å². The van der Waals surface area contributed by atoms with Gasteiger partial charge in [0.1, 0.15) is 4.90 Å². The van der Waals surface area contributed by atoms with Crippen LogP contribution >= 0.6 is 26.6 Å². The van der Waals surface area contributed by atoms with Gasteiger partial charge in [0.05, 0.1) is 6.61 Å². The van der Waals surface area contributed by atoms with E-state index in [-0.39, 0.29) is 4.90 Å². The van der Waals surface area contributed by atoms with Gasteiger partial charge >= 0.3 is 0 Å². The van der Waals surface area contributed by atoms with E-state index in [1.807, 2.05) is 31.2 Å². The molecule has 0 radical (unpaired) electrons. The number of benzene rings is 2. The van der Waals surface area contributed by atoms with E-state index in [0.717, 1.165) is 11.1 Å². The van der Waals surface area contributed by atoms with E-state index in [4.69, 9.17) is 15.4 Å². The number of hydrogen-bond acceptors (Lipinski definition) is 3. The molecular weight excluding hydrogens is 376 g/mol. The largest absolute Gasteiger partial charge is 0.377 e. The van der Waals surface area contributed by atoms with Gasteiger partial charge in [0, 0.05) is 27.3 Å². The summed E-state index contributed by atoms with van der Waals surface area (Å²) in [6.45, 7) is 2.92. The standard InChI is InChI=1S/C15H14BrClO3S/c1-2-20-10-11-6-3-4-7-12(11)13-8-5-9-14(16)15(13)21(17,18)19/h3-9H,2,10H2,1H3. The first kappa shape index (κ1) is 16.5.